The molecule has 0 aromatic heterocycles. The van der Waals surface area contributed by atoms with Crippen molar-refractivity contribution < 1.29 is 32.6 Å². The van der Waals surface area contributed by atoms with Crippen LogP contribution in [-0.2, 0) is 15.9 Å². The van der Waals surface area contributed by atoms with Crippen LogP contribution in [0.1, 0.15) is 53.1 Å². The van der Waals surface area contributed by atoms with E-state index in [1.807, 2.05) is 0 Å². The Hall–Kier alpha value is -3.24. The molecule has 2 aromatic carbocycles. The van der Waals surface area contributed by atoms with Crippen molar-refractivity contribution in [3.8, 4) is 11.5 Å². The first-order valence-corrected chi connectivity index (χ1v) is 11.0. The third-order valence-electron chi connectivity index (χ3n) is 5.11. The number of carbonyl (C=O) groups excluding carboxylic acids is 3. The predicted octanol–water partition coefficient (Wildman–Crippen LogP) is 2.66. The van der Waals surface area contributed by atoms with Crippen LogP contribution in [-0.4, -0.2) is 50.3 Å². The zero-order chi connectivity index (χ0) is 23.6. The average molecular weight is 460 g/mol. The molecule has 3 rings (SSSR count). The van der Waals surface area contributed by atoms with Crippen LogP contribution in [0.5, 0.6) is 11.5 Å². The molecule has 1 heterocycles. The Bertz CT molecular complexity index is 1100. The lowest BCUT2D eigenvalue weighted by Crippen LogP contribution is -2.41. The molecule has 0 aliphatic carbocycles. The highest BCUT2D eigenvalue weighted by molar-refractivity contribution is 7.79. The van der Waals surface area contributed by atoms with E-state index in [1.54, 1.807) is 31.2 Å². The summed E-state index contributed by atoms with van der Waals surface area (Å²) in [6.45, 7) is 4.82. The van der Waals surface area contributed by atoms with E-state index >= 15 is 0 Å². The molecular weight excluding hydrogens is 436 g/mol. The summed E-state index contributed by atoms with van der Waals surface area (Å²) in [5.74, 6) is -0.949. The maximum absolute atomic E-state index is 13.4. The van der Waals surface area contributed by atoms with Gasteiger partial charge in [0, 0.05) is 12.2 Å². The number of nitrogens with one attached hydrogen (secondary N) is 1. The van der Waals surface area contributed by atoms with Crippen molar-refractivity contribution in [1.29, 1.82) is 0 Å². The summed E-state index contributed by atoms with van der Waals surface area (Å²) < 4.78 is 34.7. The summed E-state index contributed by atoms with van der Waals surface area (Å²) in [4.78, 5) is 39.1. The van der Waals surface area contributed by atoms with Crippen molar-refractivity contribution in [1.82, 2.24) is 4.90 Å². The molecule has 3 atom stereocenters. The van der Waals surface area contributed by atoms with Gasteiger partial charge in [0.1, 0.15) is 0 Å². The second-order valence-electron chi connectivity index (χ2n) is 7.14. The minimum atomic E-state index is -2.60. The zero-order valence-electron chi connectivity index (χ0n) is 18.0. The molecule has 0 spiro atoms. The molecule has 32 heavy (non-hydrogen) atoms. The number of ether oxygens (including phenoxy) is 2. The van der Waals surface area contributed by atoms with Crippen LogP contribution in [0, 0.1) is 0 Å². The fraction of sp³-hybridized carbons (Fsp3) is 0.318. The Kier molecular flexibility index (Phi) is 6.95. The van der Waals surface area contributed by atoms with Gasteiger partial charge < -0.3 is 19.3 Å². The van der Waals surface area contributed by atoms with Crippen LogP contribution >= 0.6 is 0 Å². The summed E-state index contributed by atoms with van der Waals surface area (Å²) in [6.07, 6.45) is 0. The summed E-state index contributed by atoms with van der Waals surface area (Å²) in [5.41, 5.74) is 0.700. The summed E-state index contributed by atoms with van der Waals surface area (Å²) in [7, 11) is 1.47. The smallest absolute Gasteiger partial charge is 0.264 e. The number of hydrogen-bond acceptors (Lipinski definition) is 7. The molecule has 0 radical (unpaired) electrons. The van der Waals surface area contributed by atoms with E-state index in [2.05, 4.69) is 5.32 Å². The lowest BCUT2D eigenvalue weighted by atomic mass is 10.0. The normalized spacial score (nSPS) is 15.7. The average Bonchev–Trinajstić information content (AvgIpc) is 3.00. The Morgan fingerprint density at radius 1 is 1.19 bits per heavy atom. The van der Waals surface area contributed by atoms with E-state index in [0.29, 0.717) is 23.7 Å². The highest BCUT2D eigenvalue weighted by Gasteiger charge is 2.44. The van der Waals surface area contributed by atoms with E-state index in [-0.39, 0.29) is 16.8 Å². The molecule has 2 aromatic rings. The maximum atomic E-state index is 13.4. The van der Waals surface area contributed by atoms with E-state index in [1.165, 1.54) is 33.1 Å². The monoisotopic (exact) mass is 459 g/mol. The zero-order valence-corrected chi connectivity index (χ0v) is 18.9. The van der Waals surface area contributed by atoms with Crippen LogP contribution in [0.2, 0.25) is 0 Å². The molecule has 0 saturated heterocycles. The van der Waals surface area contributed by atoms with Crippen molar-refractivity contribution >= 4 is 34.5 Å². The van der Waals surface area contributed by atoms with Crippen LogP contribution in [0.4, 0.5) is 5.69 Å². The molecule has 1 aliphatic heterocycles. The lowest BCUT2D eigenvalue weighted by Gasteiger charge is -2.33. The van der Waals surface area contributed by atoms with Crippen LogP contribution < -0.4 is 14.8 Å². The molecule has 0 bridgehead atoms. The summed E-state index contributed by atoms with van der Waals surface area (Å²) in [6, 6.07) is 8.15. The van der Waals surface area contributed by atoms with Crippen molar-refractivity contribution in [3.63, 3.8) is 0 Å². The number of rotatable bonds is 8. The third-order valence-corrected chi connectivity index (χ3v) is 5.98. The molecule has 0 saturated carbocycles. The Balaban J connectivity index is 2.15. The van der Waals surface area contributed by atoms with E-state index < -0.39 is 40.1 Å². The molecule has 170 valence electrons. The van der Waals surface area contributed by atoms with Gasteiger partial charge in [-0.1, -0.05) is 12.1 Å². The molecule has 1 N–H and O–H groups in total. The second kappa shape index (κ2) is 9.49. The van der Waals surface area contributed by atoms with E-state index in [0.717, 1.165) is 4.90 Å². The molecule has 10 heteroatoms. The van der Waals surface area contributed by atoms with Crippen LogP contribution in [0.25, 0.3) is 0 Å². The van der Waals surface area contributed by atoms with Crippen LogP contribution in [0.3, 0.4) is 0 Å². The number of fused-ring (bicyclic) bond motifs is 1. The number of anilines is 1. The fourth-order valence-corrected chi connectivity index (χ4v) is 4.22. The molecular formula is C22H23N2O7S-. The number of benzene rings is 2. The van der Waals surface area contributed by atoms with Gasteiger partial charge in [-0.2, -0.15) is 0 Å². The van der Waals surface area contributed by atoms with E-state index in [9.17, 15) is 23.1 Å². The highest BCUT2D eigenvalue weighted by atomic mass is 32.2. The minimum Gasteiger partial charge on any atom is -0.772 e. The second-order valence-corrected chi connectivity index (χ2v) is 8.41. The predicted molar refractivity (Wildman–Crippen MR) is 117 cm³/mol. The Morgan fingerprint density at radius 2 is 1.91 bits per heavy atom. The van der Waals surface area contributed by atoms with Crippen molar-refractivity contribution in [2.45, 2.75) is 32.1 Å². The molecule has 9 nitrogen and oxygen atoms in total. The molecule has 0 fully saturated rings. The lowest BCUT2D eigenvalue weighted by molar-refractivity contribution is -0.114. The quantitative estimate of drug-likeness (QED) is 0.475. The van der Waals surface area contributed by atoms with Gasteiger partial charge in [0.2, 0.25) is 5.91 Å². The first-order chi connectivity index (χ1) is 15.2. The van der Waals surface area contributed by atoms with Gasteiger partial charge >= 0.3 is 0 Å². The topological polar surface area (TPSA) is 125 Å². The van der Waals surface area contributed by atoms with Gasteiger partial charge in [-0.3, -0.25) is 23.5 Å². The first-order valence-electron chi connectivity index (χ1n) is 9.88. The third kappa shape index (κ3) is 4.23. The van der Waals surface area contributed by atoms with Gasteiger partial charge in [0.25, 0.3) is 11.8 Å². The number of methoxy groups -OCH3 is 1. The Labute approximate surface area is 188 Å². The van der Waals surface area contributed by atoms with Gasteiger partial charge in [0.05, 0.1) is 36.6 Å². The number of hydrogen-bond donors (Lipinski definition) is 1. The van der Waals surface area contributed by atoms with Gasteiger partial charge in [-0.15, -0.1) is 0 Å². The van der Waals surface area contributed by atoms with Crippen LogP contribution in [0.15, 0.2) is 36.4 Å². The Morgan fingerprint density at radius 3 is 2.50 bits per heavy atom. The minimum absolute atomic E-state index is 0.0279. The maximum Gasteiger partial charge on any atom is 0.264 e. The van der Waals surface area contributed by atoms with Gasteiger partial charge in [-0.25, -0.2) is 0 Å². The van der Waals surface area contributed by atoms with E-state index in [4.69, 9.17) is 9.47 Å². The summed E-state index contributed by atoms with van der Waals surface area (Å²) >= 11 is -2.60. The number of carbonyl (C=O) groups is 3. The highest BCUT2D eigenvalue weighted by Crippen LogP contribution is 2.40. The SMILES string of the molecule is CCOc1cc(C(C(C)S(=O)[O-])N2C(=O)c3cccc(NC(C)=O)c3C2=O)ccc1OC. The number of nitrogens with zero attached hydrogens (tertiary/aromatic N) is 1. The van der Waals surface area contributed by atoms with Gasteiger partial charge in [-0.05, 0) is 54.8 Å². The van der Waals surface area contributed by atoms with Gasteiger partial charge in [0.15, 0.2) is 11.5 Å². The largest absolute Gasteiger partial charge is 0.772 e. The molecule has 3 unspecified atom stereocenters. The number of amides is 3. The molecule has 1 aliphatic rings. The standard InChI is InChI=1S/C22H24N2O7S/c1-5-31-18-11-14(9-10-17(18)30-4)20(12(2)32(28)29)24-21(26)15-7-6-8-16(23-13(3)25)19(15)22(24)27/h6-12,20H,5H2,1-4H3,(H,23,25)(H,28,29)/p-1. The fourth-order valence-electron chi connectivity index (χ4n) is 3.73. The molecule has 3 amide bonds. The van der Waals surface area contributed by atoms with Crippen molar-refractivity contribution in [2.75, 3.05) is 19.0 Å². The first kappa shape index (κ1) is 23.4. The van der Waals surface area contributed by atoms with Crippen molar-refractivity contribution in [3.05, 3.63) is 53.1 Å². The number of imide groups is 1. The summed E-state index contributed by atoms with van der Waals surface area (Å²) in [5, 5.41) is 1.43. The van der Waals surface area contributed by atoms with Crippen molar-refractivity contribution in [2.24, 2.45) is 0 Å².